The molecule has 1 saturated heterocycles. The maximum atomic E-state index is 12.0. The van der Waals surface area contributed by atoms with Crippen LogP contribution in [-0.4, -0.2) is 57.7 Å². The lowest BCUT2D eigenvalue weighted by atomic mass is 9.99. The second-order valence-corrected chi connectivity index (χ2v) is 5.87. The fourth-order valence-corrected chi connectivity index (χ4v) is 2.34. The smallest absolute Gasteiger partial charge is 0.229 e. The molecule has 2 rings (SSSR count). The Morgan fingerprint density at radius 1 is 1.17 bits per heavy atom. The van der Waals surface area contributed by atoms with Gasteiger partial charge in [0.25, 0.3) is 0 Å². The number of ether oxygens (including phenoxy) is 2. The first-order valence-corrected chi connectivity index (χ1v) is 7.46. The van der Waals surface area contributed by atoms with E-state index in [1.54, 1.807) is 18.2 Å². The second kappa shape index (κ2) is 7.37. The van der Waals surface area contributed by atoms with Crippen molar-refractivity contribution in [2.45, 2.75) is 50.5 Å². The van der Waals surface area contributed by atoms with Crippen LogP contribution in [0.4, 0.5) is 0 Å². The van der Waals surface area contributed by atoms with Gasteiger partial charge >= 0.3 is 0 Å². The number of hydrogen-bond donors (Lipinski definition) is 4. The Bertz CT molecular complexity index is 587. The Labute approximate surface area is 133 Å². The van der Waals surface area contributed by atoms with Crippen LogP contribution in [-0.2, 0) is 4.74 Å². The van der Waals surface area contributed by atoms with Gasteiger partial charge in [0.15, 0.2) is 5.75 Å². The van der Waals surface area contributed by atoms with Crippen LogP contribution in [0.1, 0.15) is 25.3 Å². The molecule has 1 aliphatic heterocycles. The summed E-state index contributed by atoms with van der Waals surface area (Å²) in [6.45, 7) is 3.35. The molecule has 0 aromatic heterocycles. The molecular formula is C16H22O7. The van der Waals surface area contributed by atoms with Gasteiger partial charge in [-0.3, -0.25) is 4.79 Å². The summed E-state index contributed by atoms with van der Waals surface area (Å²) in [5.74, 6) is 0.113. The van der Waals surface area contributed by atoms with Gasteiger partial charge in [-0.15, -0.1) is 0 Å². The van der Waals surface area contributed by atoms with Gasteiger partial charge in [0.2, 0.25) is 11.7 Å². The molecule has 0 spiro atoms. The molecule has 0 aliphatic carbocycles. The van der Waals surface area contributed by atoms with Crippen molar-refractivity contribution < 1.29 is 29.9 Å². The van der Waals surface area contributed by atoms with E-state index in [4.69, 9.17) is 14.6 Å². The summed E-state index contributed by atoms with van der Waals surface area (Å²) < 4.78 is 10.7. The van der Waals surface area contributed by atoms with Gasteiger partial charge in [-0.25, -0.2) is 0 Å². The molecule has 5 atom stereocenters. The quantitative estimate of drug-likeness (QED) is 0.581. The highest BCUT2D eigenvalue weighted by atomic mass is 16.7. The average molecular weight is 326 g/mol. The molecule has 23 heavy (non-hydrogen) atoms. The van der Waals surface area contributed by atoms with E-state index in [2.05, 4.69) is 0 Å². The van der Waals surface area contributed by atoms with E-state index in [-0.39, 0.29) is 11.7 Å². The van der Waals surface area contributed by atoms with Crippen LogP contribution in [0, 0.1) is 0 Å². The van der Waals surface area contributed by atoms with E-state index >= 15 is 0 Å². The fourth-order valence-electron chi connectivity index (χ4n) is 2.34. The Kier molecular flexibility index (Phi) is 5.72. The van der Waals surface area contributed by atoms with Gasteiger partial charge in [-0.05, 0) is 23.6 Å². The molecule has 1 heterocycles. The van der Waals surface area contributed by atoms with Crippen LogP contribution in [0.15, 0.2) is 29.1 Å². The largest absolute Gasteiger partial charge is 0.458 e. The van der Waals surface area contributed by atoms with E-state index in [1.807, 2.05) is 13.8 Å². The summed E-state index contributed by atoms with van der Waals surface area (Å²) in [5, 5.41) is 38.6. The third kappa shape index (κ3) is 3.88. The van der Waals surface area contributed by atoms with E-state index in [0.717, 1.165) is 5.56 Å². The van der Waals surface area contributed by atoms with Crippen LogP contribution in [0.5, 0.6) is 5.75 Å². The van der Waals surface area contributed by atoms with Crippen LogP contribution in [0.3, 0.4) is 0 Å². The third-order valence-corrected chi connectivity index (χ3v) is 3.84. The summed E-state index contributed by atoms with van der Waals surface area (Å²) in [4.78, 5) is 12.0. The van der Waals surface area contributed by atoms with Crippen molar-refractivity contribution in [1.82, 2.24) is 0 Å². The monoisotopic (exact) mass is 326 g/mol. The van der Waals surface area contributed by atoms with Crippen LogP contribution in [0.2, 0.25) is 0 Å². The molecule has 0 radical (unpaired) electrons. The first-order valence-electron chi connectivity index (χ1n) is 7.46. The van der Waals surface area contributed by atoms with E-state index < -0.39 is 42.7 Å². The lowest BCUT2D eigenvalue weighted by molar-refractivity contribution is -0.277. The van der Waals surface area contributed by atoms with Gasteiger partial charge in [-0.2, -0.15) is 0 Å². The van der Waals surface area contributed by atoms with Crippen LogP contribution < -0.4 is 10.2 Å². The molecule has 0 amide bonds. The van der Waals surface area contributed by atoms with Crippen LogP contribution in [0.25, 0.3) is 0 Å². The average Bonchev–Trinajstić information content (AvgIpc) is 2.70. The number of hydrogen-bond acceptors (Lipinski definition) is 7. The molecule has 128 valence electrons. The van der Waals surface area contributed by atoms with Gasteiger partial charge in [0.1, 0.15) is 24.4 Å². The standard InChI is InChI=1S/C16H22O7/c1-8(2)9-4-3-5-10(18)11(6-9)22-16-15(21)14(20)13(19)12(7-17)23-16/h3-6,8,12-17,19-21H,7H2,1-2H3. The van der Waals surface area contributed by atoms with Crippen LogP contribution >= 0.6 is 0 Å². The number of rotatable bonds is 4. The van der Waals surface area contributed by atoms with Crippen molar-refractivity contribution in [3.63, 3.8) is 0 Å². The summed E-state index contributed by atoms with van der Waals surface area (Å²) in [6, 6.07) is 6.27. The van der Waals surface area contributed by atoms with Crippen molar-refractivity contribution in [2.75, 3.05) is 6.61 Å². The molecule has 7 heteroatoms. The number of aliphatic hydroxyl groups excluding tert-OH is 4. The fraction of sp³-hybridized carbons (Fsp3) is 0.562. The van der Waals surface area contributed by atoms with E-state index in [9.17, 15) is 20.1 Å². The van der Waals surface area contributed by atoms with Gasteiger partial charge in [0, 0.05) is 0 Å². The highest BCUT2D eigenvalue weighted by Crippen LogP contribution is 2.24. The second-order valence-electron chi connectivity index (χ2n) is 5.87. The molecule has 1 aromatic rings. The molecule has 0 saturated carbocycles. The maximum Gasteiger partial charge on any atom is 0.229 e. The Hall–Kier alpha value is -1.51. The normalized spacial score (nSPS) is 31.2. The predicted molar refractivity (Wildman–Crippen MR) is 81.2 cm³/mol. The third-order valence-electron chi connectivity index (χ3n) is 3.84. The summed E-state index contributed by atoms with van der Waals surface area (Å²) >= 11 is 0. The molecule has 1 fully saturated rings. The van der Waals surface area contributed by atoms with Gasteiger partial charge < -0.3 is 29.9 Å². The minimum atomic E-state index is -1.56. The van der Waals surface area contributed by atoms with Crippen molar-refractivity contribution in [2.24, 2.45) is 0 Å². The molecular weight excluding hydrogens is 304 g/mol. The molecule has 1 aliphatic rings. The van der Waals surface area contributed by atoms with Crippen molar-refractivity contribution in [3.8, 4) is 5.75 Å². The molecule has 4 N–H and O–H groups in total. The Balaban J connectivity index is 2.29. The van der Waals surface area contributed by atoms with Gasteiger partial charge in [0.05, 0.1) is 6.61 Å². The SMILES string of the molecule is CC(C)c1cccc(=O)c(OC2OC(CO)C(O)C(O)C2O)c1. The summed E-state index contributed by atoms with van der Waals surface area (Å²) in [5.41, 5.74) is 0.445. The lowest BCUT2D eigenvalue weighted by Gasteiger charge is -2.39. The van der Waals surface area contributed by atoms with Crippen molar-refractivity contribution >= 4 is 0 Å². The maximum absolute atomic E-state index is 12.0. The van der Waals surface area contributed by atoms with E-state index in [0.29, 0.717) is 0 Å². The lowest BCUT2D eigenvalue weighted by Crippen LogP contribution is -2.60. The zero-order chi connectivity index (χ0) is 17.1. The summed E-state index contributed by atoms with van der Waals surface area (Å²) in [7, 11) is 0. The minimum absolute atomic E-state index is 0.0389. The predicted octanol–water partition coefficient (Wildman–Crippen LogP) is -0.651. The number of aliphatic hydroxyl groups is 4. The Morgan fingerprint density at radius 3 is 2.48 bits per heavy atom. The minimum Gasteiger partial charge on any atom is -0.458 e. The highest BCUT2D eigenvalue weighted by Gasteiger charge is 2.44. The molecule has 0 bridgehead atoms. The van der Waals surface area contributed by atoms with Crippen molar-refractivity contribution in [1.29, 1.82) is 0 Å². The highest BCUT2D eigenvalue weighted by molar-refractivity contribution is 5.29. The topological polar surface area (TPSA) is 116 Å². The first kappa shape index (κ1) is 17.8. The van der Waals surface area contributed by atoms with Crippen molar-refractivity contribution in [3.05, 3.63) is 40.1 Å². The molecule has 1 aromatic carbocycles. The van der Waals surface area contributed by atoms with E-state index in [1.165, 1.54) is 6.07 Å². The van der Waals surface area contributed by atoms with Gasteiger partial charge in [-0.1, -0.05) is 26.0 Å². The zero-order valence-electron chi connectivity index (χ0n) is 13.0. The summed E-state index contributed by atoms with van der Waals surface area (Å²) in [6.07, 6.45) is -7.04. The zero-order valence-corrected chi connectivity index (χ0v) is 13.0. The first-order chi connectivity index (χ1) is 10.8. The Morgan fingerprint density at radius 2 is 1.87 bits per heavy atom. The molecule has 5 unspecified atom stereocenters. The molecule has 7 nitrogen and oxygen atoms in total.